The molecule has 4 rings (SSSR count). The first-order valence-corrected chi connectivity index (χ1v) is 11.9. The minimum absolute atomic E-state index is 0.0358. The van der Waals surface area contributed by atoms with Gasteiger partial charge >= 0.3 is 0 Å². The lowest BCUT2D eigenvalue weighted by molar-refractivity contribution is -0.117. The van der Waals surface area contributed by atoms with Crippen molar-refractivity contribution in [1.82, 2.24) is 0 Å². The van der Waals surface area contributed by atoms with E-state index in [1.54, 1.807) is 0 Å². The molecule has 0 radical (unpaired) electrons. The lowest BCUT2D eigenvalue weighted by Crippen LogP contribution is -2.17. The SMILES string of the molecule is O=C(Cc1c(F)cccc1F)c1cc(NC(=O)C2C(c3cc(Cl)c(F)c(Cl)c3)C2(Cl)Cl)ccc1Cl. The van der Waals surface area contributed by atoms with Crippen LogP contribution in [-0.4, -0.2) is 16.0 Å². The zero-order valence-corrected chi connectivity index (χ0v) is 21.1. The molecular weight excluding hydrogens is 569 g/mol. The van der Waals surface area contributed by atoms with E-state index in [4.69, 9.17) is 58.0 Å². The van der Waals surface area contributed by atoms with Gasteiger partial charge in [-0.05, 0) is 48.0 Å². The Hall–Kier alpha value is -1.96. The van der Waals surface area contributed by atoms with Gasteiger partial charge in [0.25, 0.3) is 0 Å². The van der Waals surface area contributed by atoms with Crippen LogP contribution in [0.1, 0.15) is 27.4 Å². The highest BCUT2D eigenvalue weighted by molar-refractivity contribution is 6.53. The van der Waals surface area contributed by atoms with Crippen molar-refractivity contribution in [3.63, 3.8) is 0 Å². The normalized spacial score (nSPS) is 18.3. The number of Topliss-reactive ketones (excluding diaryl/α,β-unsaturated/α-hetero) is 1. The van der Waals surface area contributed by atoms with Crippen molar-refractivity contribution in [2.24, 2.45) is 5.92 Å². The average molecular weight is 582 g/mol. The molecule has 0 spiro atoms. The molecule has 1 fully saturated rings. The van der Waals surface area contributed by atoms with Gasteiger partial charge < -0.3 is 5.32 Å². The van der Waals surface area contributed by atoms with Crippen molar-refractivity contribution in [2.75, 3.05) is 5.32 Å². The predicted octanol–water partition coefficient (Wildman–Crippen LogP) is 8.02. The Morgan fingerprint density at radius 3 is 2.09 bits per heavy atom. The first kappa shape index (κ1) is 26.1. The largest absolute Gasteiger partial charge is 0.326 e. The molecule has 0 bridgehead atoms. The summed E-state index contributed by atoms with van der Waals surface area (Å²) in [4.78, 5) is 25.6. The standard InChI is InChI=1S/C24H13Cl5F3NO2/c25-14-5-4-11(8-12(14)19(34)9-13-17(30)2-1-3-18(13)31)33-23(35)21-20(24(21,28)29)10-6-15(26)22(32)16(27)7-10/h1-8,20-21H,9H2,(H,33,35). The molecule has 1 aliphatic rings. The summed E-state index contributed by atoms with van der Waals surface area (Å²) in [6.07, 6.45) is -0.571. The maximum atomic E-state index is 14.0. The summed E-state index contributed by atoms with van der Waals surface area (Å²) in [5.41, 5.74) is 0.126. The molecular formula is C24H13Cl5F3NO2. The van der Waals surface area contributed by atoms with Gasteiger partial charge in [0.2, 0.25) is 5.91 Å². The van der Waals surface area contributed by atoms with Gasteiger partial charge in [-0.2, -0.15) is 0 Å². The van der Waals surface area contributed by atoms with E-state index in [-0.39, 0.29) is 26.3 Å². The predicted molar refractivity (Wildman–Crippen MR) is 132 cm³/mol. The second kappa shape index (κ2) is 9.83. The van der Waals surface area contributed by atoms with Crippen LogP contribution in [0.5, 0.6) is 0 Å². The van der Waals surface area contributed by atoms with E-state index in [1.165, 1.54) is 36.4 Å². The number of halogens is 8. The fourth-order valence-electron chi connectivity index (χ4n) is 3.82. The van der Waals surface area contributed by atoms with Crippen LogP contribution in [0.4, 0.5) is 18.9 Å². The molecule has 3 aromatic rings. The molecule has 3 aromatic carbocycles. The highest BCUT2D eigenvalue weighted by Crippen LogP contribution is 2.65. The molecule has 0 saturated heterocycles. The number of rotatable bonds is 6. The lowest BCUT2D eigenvalue weighted by Gasteiger charge is -2.10. The molecule has 1 aliphatic carbocycles. The molecule has 1 N–H and O–H groups in total. The van der Waals surface area contributed by atoms with Gasteiger partial charge in [-0.1, -0.05) is 40.9 Å². The first-order valence-electron chi connectivity index (χ1n) is 10.0. The monoisotopic (exact) mass is 579 g/mol. The quantitative estimate of drug-likeness (QED) is 0.182. The molecule has 35 heavy (non-hydrogen) atoms. The first-order chi connectivity index (χ1) is 16.4. The van der Waals surface area contributed by atoms with Gasteiger partial charge in [0, 0.05) is 29.2 Å². The molecule has 0 aliphatic heterocycles. The summed E-state index contributed by atoms with van der Waals surface area (Å²) >= 11 is 30.4. The van der Waals surface area contributed by atoms with Crippen LogP contribution in [0.25, 0.3) is 0 Å². The molecule has 3 nitrogen and oxygen atoms in total. The van der Waals surface area contributed by atoms with Gasteiger partial charge in [0.1, 0.15) is 16.0 Å². The number of benzene rings is 3. The maximum Gasteiger partial charge on any atom is 0.231 e. The van der Waals surface area contributed by atoms with Crippen molar-refractivity contribution in [1.29, 1.82) is 0 Å². The molecule has 11 heteroatoms. The van der Waals surface area contributed by atoms with Crippen molar-refractivity contribution in [3.8, 4) is 0 Å². The van der Waals surface area contributed by atoms with E-state index >= 15 is 0 Å². The van der Waals surface area contributed by atoms with Crippen molar-refractivity contribution in [2.45, 2.75) is 16.7 Å². The van der Waals surface area contributed by atoms with Crippen molar-refractivity contribution in [3.05, 3.63) is 97.7 Å². The van der Waals surface area contributed by atoms with Crippen LogP contribution in [0.2, 0.25) is 15.1 Å². The lowest BCUT2D eigenvalue weighted by atomic mass is 10.0. The van der Waals surface area contributed by atoms with E-state index in [0.717, 1.165) is 12.1 Å². The van der Waals surface area contributed by atoms with Gasteiger partial charge in [0.05, 0.1) is 21.0 Å². The summed E-state index contributed by atoms with van der Waals surface area (Å²) in [5, 5.41) is 2.16. The Kier molecular flexibility index (Phi) is 7.33. The van der Waals surface area contributed by atoms with Gasteiger partial charge in [-0.3, -0.25) is 9.59 Å². The van der Waals surface area contributed by atoms with E-state index in [0.29, 0.717) is 5.56 Å². The highest BCUT2D eigenvalue weighted by atomic mass is 35.5. The van der Waals surface area contributed by atoms with Crippen LogP contribution in [0, 0.1) is 23.4 Å². The number of carbonyl (C=O) groups excluding carboxylic acids is 2. The zero-order chi connectivity index (χ0) is 25.7. The molecule has 1 amide bonds. The van der Waals surface area contributed by atoms with Gasteiger partial charge in [0.15, 0.2) is 11.6 Å². The maximum absolute atomic E-state index is 14.0. The third-order valence-corrected chi connectivity index (χ3v) is 7.45. The van der Waals surface area contributed by atoms with E-state index in [1.807, 2.05) is 0 Å². The fraction of sp³-hybridized carbons (Fsp3) is 0.167. The van der Waals surface area contributed by atoms with E-state index < -0.39 is 57.3 Å². The van der Waals surface area contributed by atoms with Crippen molar-refractivity contribution >= 4 is 75.4 Å². The smallest absolute Gasteiger partial charge is 0.231 e. The number of anilines is 1. The van der Waals surface area contributed by atoms with E-state index in [2.05, 4.69) is 5.32 Å². The second-order valence-electron chi connectivity index (χ2n) is 7.91. The minimum atomic E-state index is -1.51. The Morgan fingerprint density at radius 2 is 1.49 bits per heavy atom. The van der Waals surface area contributed by atoms with Gasteiger partial charge in [-0.25, -0.2) is 13.2 Å². The van der Waals surface area contributed by atoms with Crippen molar-refractivity contribution < 1.29 is 22.8 Å². The molecule has 0 aromatic heterocycles. The number of hydrogen-bond acceptors (Lipinski definition) is 2. The third kappa shape index (κ3) is 5.13. The number of ketones is 1. The third-order valence-electron chi connectivity index (χ3n) is 5.63. The summed E-state index contributed by atoms with van der Waals surface area (Å²) < 4.78 is 40.1. The highest BCUT2D eigenvalue weighted by Gasteiger charge is 2.67. The Bertz CT molecular complexity index is 1320. The van der Waals surface area contributed by atoms with Crippen LogP contribution in [-0.2, 0) is 11.2 Å². The number of alkyl halides is 2. The number of amides is 1. The minimum Gasteiger partial charge on any atom is -0.326 e. The number of carbonyl (C=O) groups is 2. The Balaban J connectivity index is 1.54. The van der Waals surface area contributed by atoms with Crippen LogP contribution < -0.4 is 5.32 Å². The molecule has 2 atom stereocenters. The van der Waals surface area contributed by atoms with Crippen LogP contribution in [0.15, 0.2) is 48.5 Å². The second-order valence-corrected chi connectivity index (χ2v) is 10.6. The van der Waals surface area contributed by atoms with E-state index in [9.17, 15) is 22.8 Å². The Labute approximate surface area is 223 Å². The van der Waals surface area contributed by atoms with Crippen LogP contribution in [0.3, 0.4) is 0 Å². The summed E-state index contributed by atoms with van der Waals surface area (Å²) in [7, 11) is 0. The zero-order valence-electron chi connectivity index (χ0n) is 17.3. The summed E-state index contributed by atoms with van der Waals surface area (Å²) in [5.74, 6) is -5.43. The molecule has 0 heterocycles. The number of hydrogen-bond donors (Lipinski definition) is 1. The summed E-state index contributed by atoms with van der Waals surface area (Å²) in [6, 6.07) is 9.95. The van der Waals surface area contributed by atoms with Crippen LogP contribution >= 0.6 is 58.0 Å². The molecule has 182 valence electrons. The Morgan fingerprint density at radius 1 is 0.886 bits per heavy atom. The fourth-order valence-corrected chi connectivity index (χ4v) is 5.37. The molecule has 2 unspecified atom stereocenters. The molecule has 1 saturated carbocycles. The number of nitrogens with one attached hydrogen (secondary N) is 1. The average Bonchev–Trinajstić information content (AvgIpc) is 3.37. The topological polar surface area (TPSA) is 46.2 Å². The van der Waals surface area contributed by atoms with Gasteiger partial charge in [-0.15, -0.1) is 23.2 Å². The summed E-state index contributed by atoms with van der Waals surface area (Å²) in [6.45, 7) is 0.